The maximum Gasteiger partial charge on any atom is 0.308 e. The summed E-state index contributed by atoms with van der Waals surface area (Å²) in [4.78, 5) is 10.8. The van der Waals surface area contributed by atoms with Crippen LogP contribution in [-0.2, 0) is 4.79 Å². The van der Waals surface area contributed by atoms with Crippen molar-refractivity contribution in [2.45, 2.75) is 6.92 Å². The molecule has 0 aliphatic carbocycles. The molecule has 0 spiro atoms. The van der Waals surface area contributed by atoms with E-state index >= 15 is 0 Å². The molecule has 96 valence electrons. The molecule has 0 aliphatic rings. The molecule has 0 atom stereocenters. The van der Waals surface area contributed by atoms with E-state index in [0.717, 1.165) is 11.1 Å². The highest BCUT2D eigenvalue weighted by atomic mass is 16.5. The molecule has 1 N–H and O–H groups in total. The van der Waals surface area contributed by atoms with E-state index in [4.69, 9.17) is 4.74 Å². The third kappa shape index (κ3) is 3.71. The number of carbonyl (C=O) groups excluding carboxylic acids is 1. The minimum absolute atomic E-state index is 0.0505. The smallest absolute Gasteiger partial charge is 0.308 e. The number of aromatic hydroxyl groups is 1. The molecule has 19 heavy (non-hydrogen) atoms. The minimum atomic E-state index is -0.456. The van der Waals surface area contributed by atoms with E-state index in [1.807, 2.05) is 42.5 Å². The van der Waals surface area contributed by atoms with Gasteiger partial charge in [0, 0.05) is 6.92 Å². The van der Waals surface area contributed by atoms with Gasteiger partial charge in [0.25, 0.3) is 0 Å². The molecular weight excluding hydrogens is 240 g/mol. The summed E-state index contributed by atoms with van der Waals surface area (Å²) in [6, 6.07) is 14.8. The summed E-state index contributed by atoms with van der Waals surface area (Å²) >= 11 is 0. The summed E-state index contributed by atoms with van der Waals surface area (Å²) in [6.07, 6.45) is 3.83. The Labute approximate surface area is 111 Å². The van der Waals surface area contributed by atoms with Gasteiger partial charge in [-0.05, 0) is 23.3 Å². The SMILES string of the molecule is CC(=O)Oc1ccc(C=Cc2ccccc2)cc1O. The van der Waals surface area contributed by atoms with E-state index in [-0.39, 0.29) is 11.5 Å². The highest BCUT2D eigenvalue weighted by molar-refractivity contribution is 5.73. The predicted octanol–water partition coefficient (Wildman–Crippen LogP) is 3.49. The first kappa shape index (κ1) is 12.9. The zero-order valence-corrected chi connectivity index (χ0v) is 10.5. The van der Waals surface area contributed by atoms with E-state index in [1.54, 1.807) is 18.2 Å². The van der Waals surface area contributed by atoms with Crippen LogP contribution < -0.4 is 4.74 Å². The van der Waals surface area contributed by atoms with Gasteiger partial charge in [-0.25, -0.2) is 0 Å². The zero-order valence-electron chi connectivity index (χ0n) is 10.5. The van der Waals surface area contributed by atoms with E-state index in [2.05, 4.69) is 0 Å². The van der Waals surface area contributed by atoms with Crippen LogP contribution in [0.5, 0.6) is 11.5 Å². The fourth-order valence-electron chi connectivity index (χ4n) is 1.64. The van der Waals surface area contributed by atoms with Crippen LogP contribution >= 0.6 is 0 Å². The molecule has 3 heteroatoms. The minimum Gasteiger partial charge on any atom is -0.504 e. The Kier molecular flexibility index (Phi) is 3.98. The summed E-state index contributed by atoms with van der Waals surface area (Å²) in [7, 11) is 0. The fraction of sp³-hybridized carbons (Fsp3) is 0.0625. The maximum atomic E-state index is 10.8. The number of rotatable bonds is 3. The van der Waals surface area contributed by atoms with Gasteiger partial charge in [0.15, 0.2) is 11.5 Å². The van der Waals surface area contributed by atoms with Crippen LogP contribution in [0.4, 0.5) is 0 Å². The maximum absolute atomic E-state index is 10.8. The van der Waals surface area contributed by atoms with Gasteiger partial charge in [-0.3, -0.25) is 4.79 Å². The number of hydrogen-bond donors (Lipinski definition) is 1. The van der Waals surface area contributed by atoms with Gasteiger partial charge < -0.3 is 9.84 Å². The summed E-state index contributed by atoms with van der Waals surface area (Å²) < 4.78 is 4.85. The lowest BCUT2D eigenvalue weighted by atomic mass is 10.1. The molecule has 0 aliphatic heterocycles. The molecule has 0 unspecified atom stereocenters. The Morgan fingerprint density at radius 2 is 1.74 bits per heavy atom. The van der Waals surface area contributed by atoms with Crippen molar-refractivity contribution in [3.63, 3.8) is 0 Å². The van der Waals surface area contributed by atoms with Gasteiger partial charge in [-0.15, -0.1) is 0 Å². The van der Waals surface area contributed by atoms with Crippen molar-refractivity contribution in [3.8, 4) is 11.5 Å². The fourth-order valence-corrected chi connectivity index (χ4v) is 1.64. The van der Waals surface area contributed by atoms with Crippen molar-refractivity contribution in [2.75, 3.05) is 0 Å². The van der Waals surface area contributed by atoms with Crippen molar-refractivity contribution in [3.05, 3.63) is 59.7 Å². The predicted molar refractivity (Wildman–Crippen MR) is 74.8 cm³/mol. The molecule has 0 heterocycles. The van der Waals surface area contributed by atoms with Crippen LogP contribution in [-0.4, -0.2) is 11.1 Å². The number of carbonyl (C=O) groups is 1. The Hall–Kier alpha value is -2.55. The third-order valence-electron chi connectivity index (χ3n) is 2.50. The van der Waals surface area contributed by atoms with E-state index in [9.17, 15) is 9.90 Å². The number of hydrogen-bond acceptors (Lipinski definition) is 3. The van der Waals surface area contributed by atoms with Crippen LogP contribution in [0.15, 0.2) is 48.5 Å². The third-order valence-corrected chi connectivity index (χ3v) is 2.50. The lowest BCUT2D eigenvalue weighted by molar-refractivity contribution is -0.132. The van der Waals surface area contributed by atoms with Crippen molar-refractivity contribution in [1.82, 2.24) is 0 Å². The topological polar surface area (TPSA) is 46.5 Å². The van der Waals surface area contributed by atoms with Gasteiger partial charge in [0.2, 0.25) is 0 Å². The second-order valence-electron chi connectivity index (χ2n) is 4.06. The average molecular weight is 254 g/mol. The van der Waals surface area contributed by atoms with E-state index in [0.29, 0.717) is 0 Å². The van der Waals surface area contributed by atoms with Crippen LogP contribution in [0.25, 0.3) is 12.2 Å². The molecule has 3 nitrogen and oxygen atoms in total. The summed E-state index contributed by atoms with van der Waals surface area (Å²) in [5, 5.41) is 9.73. The number of benzene rings is 2. The van der Waals surface area contributed by atoms with Crippen molar-refractivity contribution in [1.29, 1.82) is 0 Å². The van der Waals surface area contributed by atoms with Gasteiger partial charge >= 0.3 is 5.97 Å². The first-order chi connectivity index (χ1) is 9.15. The van der Waals surface area contributed by atoms with Crippen molar-refractivity contribution >= 4 is 18.1 Å². The number of esters is 1. The van der Waals surface area contributed by atoms with Gasteiger partial charge in [-0.2, -0.15) is 0 Å². The molecule has 0 fully saturated rings. The van der Waals surface area contributed by atoms with Gasteiger partial charge in [0.05, 0.1) is 0 Å². The molecule has 0 amide bonds. The number of phenols is 1. The molecule has 2 rings (SSSR count). The molecule has 2 aromatic rings. The molecule has 0 saturated carbocycles. The highest BCUT2D eigenvalue weighted by Crippen LogP contribution is 2.27. The standard InChI is InChI=1S/C16H14O3/c1-12(17)19-16-10-9-14(11-15(16)18)8-7-13-5-3-2-4-6-13/h2-11,18H,1H3. The Bertz CT molecular complexity index is 601. The van der Waals surface area contributed by atoms with E-state index in [1.165, 1.54) is 6.92 Å². The Morgan fingerprint density at radius 3 is 2.37 bits per heavy atom. The largest absolute Gasteiger partial charge is 0.504 e. The quantitative estimate of drug-likeness (QED) is 0.518. The number of ether oxygens (including phenoxy) is 1. The first-order valence-electron chi connectivity index (χ1n) is 5.90. The van der Waals surface area contributed by atoms with Gasteiger partial charge in [-0.1, -0.05) is 48.6 Å². The van der Waals surface area contributed by atoms with Crippen molar-refractivity contribution < 1.29 is 14.6 Å². The molecule has 2 aromatic carbocycles. The average Bonchev–Trinajstić information content (AvgIpc) is 2.40. The normalized spacial score (nSPS) is 10.6. The van der Waals surface area contributed by atoms with Gasteiger partial charge in [0.1, 0.15) is 0 Å². The summed E-state index contributed by atoms with van der Waals surface area (Å²) in [6.45, 7) is 1.29. The second kappa shape index (κ2) is 5.87. The van der Waals surface area contributed by atoms with Crippen LogP contribution in [0.2, 0.25) is 0 Å². The van der Waals surface area contributed by atoms with Crippen LogP contribution in [0, 0.1) is 0 Å². The summed E-state index contributed by atoms with van der Waals surface area (Å²) in [5.74, 6) is -0.336. The highest BCUT2D eigenvalue weighted by Gasteiger charge is 2.04. The molecular formula is C16H14O3. The van der Waals surface area contributed by atoms with Crippen LogP contribution in [0.1, 0.15) is 18.1 Å². The molecule has 0 aromatic heterocycles. The lowest BCUT2D eigenvalue weighted by Crippen LogP contribution is -2.01. The Morgan fingerprint density at radius 1 is 1.05 bits per heavy atom. The molecule has 0 radical (unpaired) electrons. The lowest BCUT2D eigenvalue weighted by Gasteiger charge is -2.04. The monoisotopic (exact) mass is 254 g/mol. The first-order valence-corrected chi connectivity index (χ1v) is 5.90. The number of phenolic OH excluding ortho intramolecular Hbond substituents is 1. The zero-order chi connectivity index (χ0) is 13.7. The second-order valence-corrected chi connectivity index (χ2v) is 4.06. The Balaban J connectivity index is 2.16. The van der Waals surface area contributed by atoms with E-state index < -0.39 is 5.97 Å². The van der Waals surface area contributed by atoms with Crippen molar-refractivity contribution in [2.24, 2.45) is 0 Å². The summed E-state index contributed by atoms with van der Waals surface area (Å²) in [5.41, 5.74) is 1.91. The van der Waals surface area contributed by atoms with Crippen LogP contribution in [0.3, 0.4) is 0 Å². The molecule has 0 saturated heterocycles. The molecule has 0 bridgehead atoms.